The molecule has 0 unspecified atom stereocenters. The van der Waals surface area contributed by atoms with E-state index in [1.165, 1.54) is 0 Å². The van der Waals surface area contributed by atoms with Crippen LogP contribution in [-0.2, 0) is 11.2 Å². The molecule has 1 heterocycles. The van der Waals surface area contributed by atoms with Crippen LogP contribution in [0.1, 0.15) is 40.2 Å². The normalized spacial score (nSPS) is 13.7. The molecule has 0 aliphatic heterocycles. The monoisotopic (exact) mass is 313 g/mol. The summed E-state index contributed by atoms with van der Waals surface area (Å²) < 4.78 is 5.06. The third-order valence-corrected chi connectivity index (χ3v) is 3.88. The fourth-order valence-electron chi connectivity index (χ4n) is 2.39. The Hall–Kier alpha value is -2.63. The van der Waals surface area contributed by atoms with Crippen molar-refractivity contribution in [2.24, 2.45) is 0 Å². The van der Waals surface area contributed by atoms with Gasteiger partial charge in [-0.3, -0.25) is 9.59 Å². The smallest absolute Gasteiger partial charge is 0.253 e. The summed E-state index contributed by atoms with van der Waals surface area (Å²) in [5.41, 5.74) is 2.48. The van der Waals surface area contributed by atoms with Gasteiger partial charge in [-0.1, -0.05) is 17.3 Å². The van der Waals surface area contributed by atoms with E-state index >= 15 is 0 Å². The molecule has 0 bridgehead atoms. The first kappa shape index (κ1) is 15.3. The number of aryl methyl sites for hydroxylation is 2. The van der Waals surface area contributed by atoms with Crippen molar-refractivity contribution in [2.45, 2.75) is 39.2 Å². The maximum atomic E-state index is 12.3. The Morgan fingerprint density at radius 2 is 2.00 bits per heavy atom. The Labute approximate surface area is 134 Å². The van der Waals surface area contributed by atoms with Crippen LogP contribution >= 0.6 is 0 Å². The van der Waals surface area contributed by atoms with E-state index in [1.807, 2.05) is 0 Å². The predicted octanol–water partition coefficient (Wildman–Crippen LogP) is 2.36. The Morgan fingerprint density at radius 3 is 2.65 bits per heavy atom. The lowest BCUT2D eigenvalue weighted by Gasteiger charge is -2.11. The molecule has 0 saturated heterocycles. The second kappa shape index (κ2) is 6.24. The van der Waals surface area contributed by atoms with Gasteiger partial charge in [-0.05, 0) is 38.8 Å². The zero-order valence-corrected chi connectivity index (χ0v) is 13.2. The minimum Gasteiger partial charge on any atom is -0.361 e. The van der Waals surface area contributed by atoms with Crippen molar-refractivity contribution in [1.82, 2.24) is 10.5 Å². The molecule has 1 saturated carbocycles. The number of amides is 2. The van der Waals surface area contributed by atoms with Crippen molar-refractivity contribution in [3.8, 4) is 0 Å². The van der Waals surface area contributed by atoms with Crippen LogP contribution in [0.15, 0.2) is 28.8 Å². The molecule has 1 aromatic heterocycles. The summed E-state index contributed by atoms with van der Waals surface area (Å²) in [6.45, 7) is 3.58. The molecule has 1 aliphatic carbocycles. The molecule has 23 heavy (non-hydrogen) atoms. The molecule has 2 aromatic rings. The molecule has 0 radical (unpaired) electrons. The summed E-state index contributed by atoms with van der Waals surface area (Å²) in [6.07, 6.45) is 2.21. The van der Waals surface area contributed by atoms with Crippen LogP contribution < -0.4 is 10.6 Å². The van der Waals surface area contributed by atoms with Crippen molar-refractivity contribution in [1.29, 1.82) is 0 Å². The van der Waals surface area contributed by atoms with E-state index in [0.717, 1.165) is 18.4 Å². The maximum absolute atomic E-state index is 12.3. The minimum atomic E-state index is -0.203. The molecule has 120 valence electrons. The van der Waals surface area contributed by atoms with Gasteiger partial charge in [0, 0.05) is 11.6 Å². The zero-order valence-electron chi connectivity index (χ0n) is 13.2. The minimum absolute atomic E-state index is 0.152. The van der Waals surface area contributed by atoms with Gasteiger partial charge in [-0.15, -0.1) is 0 Å². The Morgan fingerprint density at radius 1 is 1.26 bits per heavy atom. The van der Waals surface area contributed by atoms with Crippen LogP contribution in [0.3, 0.4) is 0 Å². The molecule has 1 aromatic carbocycles. The predicted molar refractivity (Wildman–Crippen MR) is 85.2 cm³/mol. The average molecular weight is 313 g/mol. The number of nitrogens with one attached hydrogen (secondary N) is 2. The van der Waals surface area contributed by atoms with Gasteiger partial charge in [-0.2, -0.15) is 0 Å². The van der Waals surface area contributed by atoms with Crippen molar-refractivity contribution in [2.75, 3.05) is 5.32 Å². The number of para-hydroxylation sites is 1. The highest BCUT2D eigenvalue weighted by Gasteiger charge is 2.25. The molecular formula is C17H19N3O3. The summed E-state index contributed by atoms with van der Waals surface area (Å²) in [5, 5.41) is 9.58. The summed E-state index contributed by atoms with van der Waals surface area (Å²) in [4.78, 5) is 24.5. The van der Waals surface area contributed by atoms with Crippen LogP contribution in [0.25, 0.3) is 0 Å². The third kappa shape index (κ3) is 3.59. The Balaban J connectivity index is 1.72. The lowest BCUT2D eigenvalue weighted by Crippen LogP contribution is -2.27. The van der Waals surface area contributed by atoms with E-state index in [1.54, 1.807) is 38.1 Å². The Bertz CT molecular complexity index is 728. The second-order valence-corrected chi connectivity index (χ2v) is 5.82. The van der Waals surface area contributed by atoms with Gasteiger partial charge in [-0.25, -0.2) is 0 Å². The van der Waals surface area contributed by atoms with E-state index in [9.17, 15) is 9.59 Å². The standard InChI is InChI=1S/C17H19N3O3/c1-10-14(11(2)23-20-10)9-16(21)19-15-6-4-3-5-13(15)17(22)18-12-7-8-12/h3-6,12H,7-9H2,1-2H3,(H,18,22)(H,19,21). The van der Waals surface area contributed by atoms with Crippen LogP contribution in [0, 0.1) is 13.8 Å². The number of carbonyl (C=O) groups is 2. The topological polar surface area (TPSA) is 84.2 Å². The van der Waals surface area contributed by atoms with Gasteiger partial charge in [0.25, 0.3) is 5.91 Å². The molecule has 1 aliphatic rings. The highest BCUT2D eigenvalue weighted by molar-refractivity contribution is 6.04. The van der Waals surface area contributed by atoms with Crippen molar-refractivity contribution in [3.05, 3.63) is 46.8 Å². The molecule has 1 fully saturated rings. The number of benzene rings is 1. The average Bonchev–Trinajstić information content (AvgIpc) is 3.28. The molecule has 0 spiro atoms. The number of nitrogens with zero attached hydrogens (tertiary/aromatic N) is 1. The molecular weight excluding hydrogens is 294 g/mol. The summed E-state index contributed by atoms with van der Waals surface area (Å²) in [6, 6.07) is 7.29. The van der Waals surface area contributed by atoms with Gasteiger partial charge in [0.05, 0.1) is 23.4 Å². The van der Waals surface area contributed by atoms with Crippen molar-refractivity contribution in [3.63, 3.8) is 0 Å². The fourth-order valence-corrected chi connectivity index (χ4v) is 2.39. The molecule has 6 nitrogen and oxygen atoms in total. The molecule has 3 rings (SSSR count). The zero-order chi connectivity index (χ0) is 16.4. The first-order chi connectivity index (χ1) is 11.0. The first-order valence-corrected chi connectivity index (χ1v) is 7.66. The maximum Gasteiger partial charge on any atom is 0.253 e. The SMILES string of the molecule is Cc1noc(C)c1CC(=O)Nc1ccccc1C(=O)NC1CC1. The number of aromatic nitrogens is 1. The lowest BCUT2D eigenvalue weighted by atomic mass is 10.1. The summed E-state index contributed by atoms with van der Waals surface area (Å²) >= 11 is 0. The second-order valence-electron chi connectivity index (χ2n) is 5.82. The number of rotatable bonds is 5. The number of anilines is 1. The quantitative estimate of drug-likeness (QED) is 0.887. The molecule has 0 atom stereocenters. The van der Waals surface area contributed by atoms with E-state index in [-0.39, 0.29) is 24.3 Å². The van der Waals surface area contributed by atoms with Crippen LogP contribution in [0.2, 0.25) is 0 Å². The highest BCUT2D eigenvalue weighted by Crippen LogP contribution is 2.22. The fraction of sp³-hybridized carbons (Fsp3) is 0.353. The summed E-state index contributed by atoms with van der Waals surface area (Å²) in [5.74, 6) is 0.282. The first-order valence-electron chi connectivity index (χ1n) is 7.66. The van der Waals surface area contributed by atoms with E-state index in [4.69, 9.17) is 4.52 Å². The summed E-state index contributed by atoms with van der Waals surface area (Å²) in [7, 11) is 0. The molecule has 2 amide bonds. The van der Waals surface area contributed by atoms with E-state index in [0.29, 0.717) is 22.7 Å². The van der Waals surface area contributed by atoms with Gasteiger partial charge >= 0.3 is 0 Å². The van der Waals surface area contributed by atoms with Crippen molar-refractivity contribution >= 4 is 17.5 Å². The Kier molecular flexibility index (Phi) is 4.14. The van der Waals surface area contributed by atoms with Gasteiger partial charge in [0.1, 0.15) is 5.76 Å². The van der Waals surface area contributed by atoms with Gasteiger partial charge < -0.3 is 15.2 Å². The van der Waals surface area contributed by atoms with Crippen LogP contribution in [-0.4, -0.2) is 23.0 Å². The van der Waals surface area contributed by atoms with E-state index < -0.39 is 0 Å². The third-order valence-electron chi connectivity index (χ3n) is 3.88. The number of hydrogen-bond donors (Lipinski definition) is 2. The molecule has 6 heteroatoms. The van der Waals surface area contributed by atoms with Crippen LogP contribution in [0.5, 0.6) is 0 Å². The highest BCUT2D eigenvalue weighted by atomic mass is 16.5. The van der Waals surface area contributed by atoms with Crippen molar-refractivity contribution < 1.29 is 14.1 Å². The number of carbonyl (C=O) groups excluding carboxylic acids is 2. The van der Waals surface area contributed by atoms with Gasteiger partial charge in [0.15, 0.2) is 0 Å². The lowest BCUT2D eigenvalue weighted by molar-refractivity contribution is -0.115. The van der Waals surface area contributed by atoms with Gasteiger partial charge in [0.2, 0.25) is 5.91 Å². The number of hydrogen-bond acceptors (Lipinski definition) is 4. The van der Waals surface area contributed by atoms with Crippen LogP contribution in [0.4, 0.5) is 5.69 Å². The largest absolute Gasteiger partial charge is 0.361 e. The molecule has 2 N–H and O–H groups in total. The van der Waals surface area contributed by atoms with E-state index in [2.05, 4.69) is 15.8 Å².